The highest BCUT2D eigenvalue weighted by atomic mass is 16.5. The van der Waals surface area contributed by atoms with Crippen LogP contribution >= 0.6 is 0 Å². The summed E-state index contributed by atoms with van der Waals surface area (Å²) in [6, 6.07) is 5.46. The standard InChI is InChI=1S/C22H33BN2O4/c1-3-24-9-12-25-10-7-17(8-11-25)13-20(27)15-19-14-18-5-4-6-21(16(2)26)22(18)29-23(19)28/h4-6,17,19,24,28H,3,7-15H2,1-2H3/t19-/m1/s1. The number of piperidine rings is 1. The van der Waals surface area contributed by atoms with Crippen LogP contribution in [0.15, 0.2) is 18.2 Å². The van der Waals surface area contributed by atoms with Crippen molar-refractivity contribution in [2.45, 2.75) is 51.8 Å². The van der Waals surface area contributed by atoms with Crippen LogP contribution in [0.3, 0.4) is 0 Å². The lowest BCUT2D eigenvalue weighted by Gasteiger charge is -2.32. The molecular weight excluding hydrogens is 367 g/mol. The van der Waals surface area contributed by atoms with E-state index < -0.39 is 7.12 Å². The number of benzene rings is 1. The summed E-state index contributed by atoms with van der Waals surface area (Å²) in [5.41, 5.74) is 1.39. The first kappa shape index (κ1) is 22.0. The fourth-order valence-corrected chi connectivity index (χ4v) is 4.46. The molecule has 2 aliphatic heterocycles. The largest absolute Gasteiger partial charge is 0.535 e. The van der Waals surface area contributed by atoms with Crippen LogP contribution in [0.1, 0.15) is 55.5 Å². The lowest BCUT2D eigenvalue weighted by molar-refractivity contribution is -0.120. The minimum Gasteiger partial charge on any atom is -0.535 e. The Morgan fingerprint density at radius 3 is 2.72 bits per heavy atom. The van der Waals surface area contributed by atoms with Crippen LogP contribution in [-0.4, -0.2) is 61.3 Å². The molecule has 2 heterocycles. The Kier molecular flexibility index (Phi) is 7.87. The second kappa shape index (κ2) is 10.4. The molecule has 1 aromatic carbocycles. The van der Waals surface area contributed by atoms with E-state index in [1.807, 2.05) is 12.1 Å². The van der Waals surface area contributed by atoms with E-state index in [0.717, 1.165) is 51.1 Å². The number of ketones is 2. The Morgan fingerprint density at radius 1 is 1.28 bits per heavy atom. The van der Waals surface area contributed by atoms with Gasteiger partial charge in [0.15, 0.2) is 5.78 Å². The molecule has 3 rings (SSSR count). The molecule has 2 N–H and O–H groups in total. The Bertz CT molecular complexity index is 719. The number of nitrogens with one attached hydrogen (secondary N) is 1. The number of Topliss-reactive ketones (excluding diaryl/α,β-unsaturated/α-hetero) is 2. The highest BCUT2D eigenvalue weighted by Gasteiger charge is 2.37. The number of hydrogen-bond donors (Lipinski definition) is 2. The molecule has 1 atom stereocenters. The van der Waals surface area contributed by atoms with Crippen molar-refractivity contribution >= 4 is 18.7 Å². The van der Waals surface area contributed by atoms with Crippen molar-refractivity contribution < 1.29 is 19.3 Å². The molecule has 1 aromatic rings. The number of fused-ring (bicyclic) bond motifs is 1. The van der Waals surface area contributed by atoms with Gasteiger partial charge in [-0.3, -0.25) is 9.59 Å². The van der Waals surface area contributed by atoms with Gasteiger partial charge in [-0.25, -0.2) is 0 Å². The third-order valence-corrected chi connectivity index (χ3v) is 6.17. The molecule has 1 saturated heterocycles. The van der Waals surface area contributed by atoms with Crippen LogP contribution < -0.4 is 9.97 Å². The predicted octanol–water partition coefficient (Wildman–Crippen LogP) is 2.35. The van der Waals surface area contributed by atoms with Gasteiger partial charge in [-0.05, 0) is 63.4 Å². The molecule has 1 fully saturated rings. The summed E-state index contributed by atoms with van der Waals surface area (Å²) >= 11 is 0. The number of carbonyl (C=O) groups is 2. The maximum atomic E-state index is 12.7. The number of nitrogens with zero attached hydrogens (tertiary/aromatic N) is 1. The van der Waals surface area contributed by atoms with Crippen LogP contribution in [0.25, 0.3) is 0 Å². The first-order chi connectivity index (χ1) is 14.0. The van der Waals surface area contributed by atoms with Gasteiger partial charge >= 0.3 is 7.12 Å². The summed E-state index contributed by atoms with van der Waals surface area (Å²) in [5, 5.41) is 13.8. The Morgan fingerprint density at radius 2 is 2.03 bits per heavy atom. The van der Waals surface area contributed by atoms with Crippen molar-refractivity contribution in [3.63, 3.8) is 0 Å². The predicted molar refractivity (Wildman–Crippen MR) is 114 cm³/mol. The second-order valence-electron chi connectivity index (χ2n) is 8.41. The van der Waals surface area contributed by atoms with Crippen molar-refractivity contribution in [2.24, 2.45) is 5.92 Å². The van der Waals surface area contributed by atoms with Crippen LogP contribution in [0.4, 0.5) is 0 Å². The molecule has 0 spiro atoms. The van der Waals surface area contributed by atoms with Gasteiger partial charge < -0.3 is 19.9 Å². The van der Waals surface area contributed by atoms with Crippen molar-refractivity contribution in [3.8, 4) is 5.75 Å². The first-order valence-corrected chi connectivity index (χ1v) is 10.9. The van der Waals surface area contributed by atoms with Crippen molar-refractivity contribution in [1.29, 1.82) is 0 Å². The van der Waals surface area contributed by atoms with Crippen LogP contribution in [-0.2, 0) is 11.2 Å². The van der Waals surface area contributed by atoms with Gasteiger partial charge in [0, 0.05) is 31.7 Å². The third kappa shape index (κ3) is 5.90. The zero-order chi connectivity index (χ0) is 20.8. The number of carbonyl (C=O) groups excluding carboxylic acids is 2. The quantitative estimate of drug-likeness (QED) is 0.376. The van der Waals surface area contributed by atoms with Gasteiger partial charge in [-0.2, -0.15) is 0 Å². The molecule has 0 bridgehead atoms. The van der Waals surface area contributed by atoms with E-state index in [2.05, 4.69) is 17.1 Å². The Hall–Kier alpha value is -1.70. The Balaban J connectivity index is 1.48. The van der Waals surface area contributed by atoms with E-state index in [0.29, 0.717) is 36.5 Å². The molecule has 0 aliphatic carbocycles. The third-order valence-electron chi connectivity index (χ3n) is 6.17. The van der Waals surface area contributed by atoms with Gasteiger partial charge in [0.25, 0.3) is 0 Å². The average molecular weight is 400 g/mol. The topological polar surface area (TPSA) is 78.9 Å². The van der Waals surface area contributed by atoms with Gasteiger partial charge in [0.2, 0.25) is 0 Å². The maximum Gasteiger partial charge on any atom is 0.526 e. The number of rotatable bonds is 9. The molecule has 0 aromatic heterocycles. The SMILES string of the molecule is CCNCCN1CCC(CC(=O)C[C@H]2Cc3cccc(C(C)=O)c3OB2O)CC1. The molecule has 6 nitrogen and oxygen atoms in total. The number of likely N-dealkylation sites (tertiary alicyclic amines) is 1. The lowest BCUT2D eigenvalue weighted by Crippen LogP contribution is -2.39. The lowest BCUT2D eigenvalue weighted by atomic mass is 9.64. The summed E-state index contributed by atoms with van der Waals surface area (Å²) in [6.45, 7) is 8.81. The van der Waals surface area contributed by atoms with E-state index >= 15 is 0 Å². The summed E-state index contributed by atoms with van der Waals surface area (Å²) in [7, 11) is -1.04. The van der Waals surface area contributed by atoms with Gasteiger partial charge in [-0.15, -0.1) is 0 Å². The van der Waals surface area contributed by atoms with Gasteiger partial charge in [0.05, 0.1) is 5.56 Å². The maximum absolute atomic E-state index is 12.7. The van der Waals surface area contributed by atoms with Crippen molar-refractivity contribution in [1.82, 2.24) is 10.2 Å². The molecule has 0 unspecified atom stereocenters. The van der Waals surface area contributed by atoms with Crippen LogP contribution in [0.2, 0.25) is 5.82 Å². The van der Waals surface area contributed by atoms with Crippen LogP contribution in [0.5, 0.6) is 5.75 Å². The number of para-hydroxylation sites is 1. The van der Waals surface area contributed by atoms with E-state index in [4.69, 9.17) is 4.65 Å². The molecule has 7 heteroatoms. The smallest absolute Gasteiger partial charge is 0.526 e. The summed E-state index contributed by atoms with van der Waals surface area (Å²) < 4.78 is 5.66. The molecule has 0 saturated carbocycles. The van der Waals surface area contributed by atoms with E-state index in [1.54, 1.807) is 6.07 Å². The van der Waals surface area contributed by atoms with E-state index in [-0.39, 0.29) is 17.4 Å². The molecule has 2 aliphatic rings. The van der Waals surface area contributed by atoms with E-state index in [9.17, 15) is 14.6 Å². The number of likely N-dealkylation sites (N-methyl/N-ethyl adjacent to an activating group) is 1. The average Bonchev–Trinajstić information content (AvgIpc) is 2.69. The van der Waals surface area contributed by atoms with Gasteiger partial charge in [-0.1, -0.05) is 19.1 Å². The second-order valence-corrected chi connectivity index (χ2v) is 8.41. The fourth-order valence-electron chi connectivity index (χ4n) is 4.46. The monoisotopic (exact) mass is 400 g/mol. The van der Waals surface area contributed by atoms with Crippen LogP contribution in [0, 0.1) is 5.92 Å². The molecule has 0 radical (unpaired) electrons. The summed E-state index contributed by atoms with van der Waals surface area (Å²) in [6.07, 6.45) is 3.60. The van der Waals surface area contributed by atoms with Gasteiger partial charge in [0.1, 0.15) is 11.5 Å². The first-order valence-electron chi connectivity index (χ1n) is 10.9. The summed E-state index contributed by atoms with van der Waals surface area (Å²) in [5.74, 6) is 0.782. The highest BCUT2D eigenvalue weighted by molar-refractivity contribution is 6.47. The highest BCUT2D eigenvalue weighted by Crippen LogP contribution is 2.37. The fraction of sp³-hybridized carbons (Fsp3) is 0.636. The molecular formula is C22H33BN2O4. The normalized spacial score (nSPS) is 20.2. The minimum absolute atomic E-state index is 0.0830. The van der Waals surface area contributed by atoms with E-state index in [1.165, 1.54) is 6.92 Å². The number of hydrogen-bond acceptors (Lipinski definition) is 6. The Labute approximate surface area is 174 Å². The zero-order valence-corrected chi connectivity index (χ0v) is 17.7. The molecule has 158 valence electrons. The van der Waals surface area contributed by atoms with Crippen molar-refractivity contribution in [2.75, 3.05) is 32.7 Å². The van der Waals surface area contributed by atoms with Crippen molar-refractivity contribution in [3.05, 3.63) is 29.3 Å². The zero-order valence-electron chi connectivity index (χ0n) is 17.7. The molecule has 0 amide bonds. The molecule has 29 heavy (non-hydrogen) atoms. The summed E-state index contributed by atoms with van der Waals surface area (Å²) in [4.78, 5) is 26.9. The minimum atomic E-state index is -1.04.